The first kappa shape index (κ1) is 17.5. The Kier molecular flexibility index (Phi) is 5.92. The molecule has 3 rings (SSSR count). The lowest BCUT2D eigenvalue weighted by Gasteiger charge is -2.37. The number of hydrogen-bond acceptors (Lipinski definition) is 5. The van der Waals surface area contributed by atoms with Crippen molar-refractivity contribution in [3.63, 3.8) is 0 Å². The highest BCUT2D eigenvalue weighted by atomic mass is 35.5. The zero-order chi connectivity index (χ0) is 16.9. The highest BCUT2D eigenvalue weighted by Gasteiger charge is 2.26. The lowest BCUT2D eigenvalue weighted by atomic mass is 10.1. The summed E-state index contributed by atoms with van der Waals surface area (Å²) >= 11 is 6.21. The number of halogens is 1. The zero-order valence-electron chi connectivity index (χ0n) is 14.2. The van der Waals surface area contributed by atoms with Crippen molar-refractivity contribution in [2.45, 2.75) is 19.4 Å². The summed E-state index contributed by atoms with van der Waals surface area (Å²) in [6.07, 6.45) is 2.33. The molecule has 0 aliphatic carbocycles. The molecule has 24 heavy (non-hydrogen) atoms. The van der Waals surface area contributed by atoms with Crippen molar-refractivity contribution >= 4 is 23.3 Å². The molecule has 6 nitrogen and oxygen atoms in total. The van der Waals surface area contributed by atoms with Gasteiger partial charge in [0.25, 0.3) is 0 Å². The highest BCUT2D eigenvalue weighted by Crippen LogP contribution is 2.23. The molecule has 132 valence electrons. The van der Waals surface area contributed by atoms with Gasteiger partial charge in [-0.15, -0.1) is 0 Å². The van der Waals surface area contributed by atoms with Crippen molar-refractivity contribution in [3.8, 4) is 0 Å². The number of anilines is 1. The number of carbonyl (C=O) groups excluding carboxylic acids is 1. The van der Waals surface area contributed by atoms with Crippen molar-refractivity contribution in [2.75, 3.05) is 57.4 Å². The minimum atomic E-state index is 0.237. The number of rotatable bonds is 4. The van der Waals surface area contributed by atoms with Crippen molar-refractivity contribution in [2.24, 2.45) is 0 Å². The fraction of sp³-hybridized carbons (Fsp3) is 0.647. The Morgan fingerprint density at radius 2 is 1.96 bits per heavy atom. The van der Waals surface area contributed by atoms with Crippen LogP contribution in [0.4, 0.5) is 5.82 Å². The lowest BCUT2D eigenvalue weighted by Crippen LogP contribution is -2.51. The molecule has 0 unspecified atom stereocenters. The maximum absolute atomic E-state index is 12.6. The molecular weight excluding hydrogens is 328 g/mol. The minimum absolute atomic E-state index is 0.237. The van der Waals surface area contributed by atoms with E-state index in [1.807, 2.05) is 17.0 Å². The molecule has 0 aromatic carbocycles. The highest BCUT2D eigenvalue weighted by molar-refractivity contribution is 6.32. The van der Waals surface area contributed by atoms with E-state index in [2.05, 4.69) is 21.7 Å². The van der Waals surface area contributed by atoms with Gasteiger partial charge in [0.1, 0.15) is 5.82 Å². The summed E-state index contributed by atoms with van der Waals surface area (Å²) in [5.41, 5.74) is 0. The van der Waals surface area contributed by atoms with E-state index >= 15 is 0 Å². The Morgan fingerprint density at radius 1 is 1.25 bits per heavy atom. The van der Waals surface area contributed by atoms with E-state index in [4.69, 9.17) is 16.3 Å². The van der Waals surface area contributed by atoms with Gasteiger partial charge in [-0.05, 0) is 19.1 Å². The molecule has 2 saturated heterocycles. The van der Waals surface area contributed by atoms with Gasteiger partial charge in [0.15, 0.2) is 0 Å². The Labute approximate surface area is 148 Å². The predicted molar refractivity (Wildman–Crippen MR) is 94.5 cm³/mol. The van der Waals surface area contributed by atoms with Crippen LogP contribution in [0.15, 0.2) is 18.3 Å². The van der Waals surface area contributed by atoms with Crippen LogP contribution >= 0.6 is 11.6 Å². The number of morpholine rings is 1. The van der Waals surface area contributed by atoms with E-state index in [1.165, 1.54) is 0 Å². The predicted octanol–water partition coefficient (Wildman–Crippen LogP) is 1.49. The third-order valence-corrected chi connectivity index (χ3v) is 5.11. The first-order valence-electron chi connectivity index (χ1n) is 8.60. The lowest BCUT2D eigenvalue weighted by molar-refractivity contribution is -0.133. The molecule has 0 bridgehead atoms. The van der Waals surface area contributed by atoms with Crippen LogP contribution < -0.4 is 4.90 Å². The van der Waals surface area contributed by atoms with E-state index in [1.54, 1.807) is 6.20 Å². The number of hydrogen-bond donors (Lipinski definition) is 0. The fourth-order valence-corrected chi connectivity index (χ4v) is 3.55. The van der Waals surface area contributed by atoms with Gasteiger partial charge < -0.3 is 14.5 Å². The quantitative estimate of drug-likeness (QED) is 0.821. The number of piperazine rings is 1. The SMILES string of the molecule is C[C@@H](CC(=O)N1CCN(c2ncccc2Cl)CC1)N1CCOCC1. The summed E-state index contributed by atoms with van der Waals surface area (Å²) in [4.78, 5) is 23.4. The fourth-order valence-electron chi connectivity index (χ4n) is 3.31. The summed E-state index contributed by atoms with van der Waals surface area (Å²) in [5.74, 6) is 1.05. The molecule has 0 N–H and O–H groups in total. The Hall–Kier alpha value is -1.37. The molecule has 1 aromatic rings. The molecule has 3 heterocycles. The normalized spacial score (nSPS) is 20.9. The molecule has 0 spiro atoms. The van der Waals surface area contributed by atoms with Crippen LogP contribution in [0.3, 0.4) is 0 Å². The summed E-state index contributed by atoms with van der Waals surface area (Å²) < 4.78 is 5.38. The molecule has 2 aliphatic rings. The first-order valence-corrected chi connectivity index (χ1v) is 8.98. The largest absolute Gasteiger partial charge is 0.379 e. The zero-order valence-corrected chi connectivity index (χ0v) is 14.9. The van der Waals surface area contributed by atoms with Gasteiger partial charge in [-0.25, -0.2) is 4.98 Å². The van der Waals surface area contributed by atoms with Crippen LogP contribution in [0.25, 0.3) is 0 Å². The summed E-state index contributed by atoms with van der Waals surface area (Å²) in [7, 11) is 0. The maximum atomic E-state index is 12.6. The molecule has 1 atom stereocenters. The van der Waals surface area contributed by atoms with Gasteiger partial charge >= 0.3 is 0 Å². The molecule has 1 aromatic heterocycles. The Bertz CT molecular complexity index is 557. The molecular formula is C17H25ClN4O2. The Balaban J connectivity index is 1.49. The van der Waals surface area contributed by atoms with Gasteiger partial charge in [0, 0.05) is 57.9 Å². The van der Waals surface area contributed by atoms with Crippen LogP contribution in [0.5, 0.6) is 0 Å². The van der Waals surface area contributed by atoms with Crippen LogP contribution in [-0.2, 0) is 9.53 Å². The van der Waals surface area contributed by atoms with Gasteiger partial charge in [-0.3, -0.25) is 9.69 Å². The van der Waals surface area contributed by atoms with Gasteiger partial charge in [-0.1, -0.05) is 11.6 Å². The van der Waals surface area contributed by atoms with Gasteiger partial charge in [-0.2, -0.15) is 0 Å². The topological polar surface area (TPSA) is 48.9 Å². The molecule has 7 heteroatoms. The van der Waals surface area contributed by atoms with E-state index < -0.39 is 0 Å². The molecule has 1 amide bonds. The molecule has 2 aliphatic heterocycles. The van der Waals surface area contributed by atoms with Crippen molar-refractivity contribution < 1.29 is 9.53 Å². The monoisotopic (exact) mass is 352 g/mol. The third-order valence-electron chi connectivity index (χ3n) is 4.81. The van der Waals surface area contributed by atoms with Crippen molar-refractivity contribution in [1.82, 2.24) is 14.8 Å². The van der Waals surface area contributed by atoms with E-state index in [-0.39, 0.29) is 11.9 Å². The van der Waals surface area contributed by atoms with E-state index in [9.17, 15) is 4.79 Å². The number of nitrogens with zero attached hydrogens (tertiary/aromatic N) is 4. The first-order chi connectivity index (χ1) is 11.6. The van der Waals surface area contributed by atoms with Crippen LogP contribution in [0.1, 0.15) is 13.3 Å². The smallest absolute Gasteiger partial charge is 0.224 e. The van der Waals surface area contributed by atoms with E-state index in [0.717, 1.165) is 58.3 Å². The molecule has 2 fully saturated rings. The summed E-state index contributed by atoms with van der Waals surface area (Å²) in [5, 5.41) is 0.665. The second-order valence-electron chi connectivity index (χ2n) is 6.38. The average Bonchev–Trinajstić information content (AvgIpc) is 2.63. The number of aromatic nitrogens is 1. The summed E-state index contributed by atoms with van der Waals surface area (Å²) in [6, 6.07) is 3.95. The standard InChI is InChI=1S/C17H25ClN4O2/c1-14(20-9-11-24-12-10-20)13-16(23)21-5-7-22(8-6-21)17-15(18)3-2-4-19-17/h2-4,14H,5-13H2,1H3/t14-/m0/s1. The molecule has 0 saturated carbocycles. The van der Waals surface area contributed by atoms with Crippen molar-refractivity contribution in [3.05, 3.63) is 23.4 Å². The van der Waals surface area contributed by atoms with E-state index in [0.29, 0.717) is 11.4 Å². The van der Waals surface area contributed by atoms with Crippen LogP contribution in [0.2, 0.25) is 5.02 Å². The van der Waals surface area contributed by atoms with Gasteiger partial charge in [0.05, 0.1) is 18.2 Å². The summed E-state index contributed by atoms with van der Waals surface area (Å²) in [6.45, 7) is 8.49. The number of pyridine rings is 1. The number of ether oxygens (including phenoxy) is 1. The molecule has 0 radical (unpaired) electrons. The Morgan fingerprint density at radius 3 is 2.62 bits per heavy atom. The third kappa shape index (κ3) is 4.18. The van der Waals surface area contributed by atoms with Gasteiger partial charge in [0.2, 0.25) is 5.91 Å². The van der Waals surface area contributed by atoms with Crippen LogP contribution in [0, 0.1) is 0 Å². The van der Waals surface area contributed by atoms with Crippen LogP contribution in [-0.4, -0.2) is 79.2 Å². The number of carbonyl (C=O) groups is 1. The minimum Gasteiger partial charge on any atom is -0.379 e. The second-order valence-corrected chi connectivity index (χ2v) is 6.79. The number of amides is 1. The second kappa shape index (κ2) is 8.14. The van der Waals surface area contributed by atoms with Crippen molar-refractivity contribution in [1.29, 1.82) is 0 Å². The maximum Gasteiger partial charge on any atom is 0.224 e. The average molecular weight is 353 g/mol.